The van der Waals surface area contributed by atoms with E-state index in [0.717, 1.165) is 0 Å². The van der Waals surface area contributed by atoms with Crippen molar-refractivity contribution in [3.63, 3.8) is 0 Å². The van der Waals surface area contributed by atoms with E-state index < -0.39 is 26.0 Å². The molecule has 0 saturated heterocycles. The number of sulfonamides is 2. The minimum Gasteiger partial charge on any atom is -0.497 e. The van der Waals surface area contributed by atoms with E-state index in [2.05, 4.69) is 30.4 Å². The number of benzene rings is 2. The molecule has 3 rings (SSSR count). The zero-order valence-corrected chi connectivity index (χ0v) is 19.4. The molecule has 0 aliphatic heterocycles. The maximum Gasteiger partial charge on any atom is 0.266 e. The number of aromatic nitrogens is 1. The van der Waals surface area contributed by atoms with Crippen LogP contribution < -0.4 is 19.9 Å². The SMILES string of the molecule is COc1ccc(S(=O)(=O)NCCNS(=O)(=O)c2c(C(N)=O)[nH]c3ccc(Br)cc23)cc1. The molecule has 1 aromatic heterocycles. The first-order chi connectivity index (χ1) is 14.5. The number of carbonyl (C=O) groups excluding carboxylic acids is 1. The van der Waals surface area contributed by atoms with Gasteiger partial charge in [-0.1, -0.05) is 15.9 Å². The number of H-pyrrole nitrogens is 1. The zero-order chi connectivity index (χ0) is 22.8. The predicted molar refractivity (Wildman–Crippen MR) is 118 cm³/mol. The number of nitrogens with one attached hydrogen (secondary N) is 3. The number of carbonyl (C=O) groups is 1. The van der Waals surface area contributed by atoms with E-state index in [4.69, 9.17) is 10.5 Å². The van der Waals surface area contributed by atoms with E-state index >= 15 is 0 Å². The topological polar surface area (TPSA) is 160 Å². The number of fused-ring (bicyclic) bond motifs is 1. The molecule has 31 heavy (non-hydrogen) atoms. The number of primary amides is 1. The van der Waals surface area contributed by atoms with E-state index in [0.29, 0.717) is 15.7 Å². The van der Waals surface area contributed by atoms with Gasteiger partial charge in [-0.2, -0.15) is 0 Å². The van der Waals surface area contributed by atoms with Crippen molar-refractivity contribution in [3.8, 4) is 5.75 Å². The van der Waals surface area contributed by atoms with Gasteiger partial charge < -0.3 is 15.5 Å². The second-order valence-electron chi connectivity index (χ2n) is 6.35. The van der Waals surface area contributed by atoms with Crippen molar-refractivity contribution < 1.29 is 26.4 Å². The average molecular weight is 531 g/mol. The first-order valence-electron chi connectivity index (χ1n) is 8.79. The zero-order valence-electron chi connectivity index (χ0n) is 16.2. The van der Waals surface area contributed by atoms with E-state index in [1.165, 1.54) is 31.4 Å². The lowest BCUT2D eigenvalue weighted by molar-refractivity contribution is 0.0993. The number of ether oxygens (including phenoxy) is 1. The van der Waals surface area contributed by atoms with Gasteiger partial charge in [0.05, 0.1) is 12.0 Å². The van der Waals surface area contributed by atoms with Crippen LogP contribution in [0.3, 0.4) is 0 Å². The summed E-state index contributed by atoms with van der Waals surface area (Å²) in [6, 6.07) is 10.6. The number of aromatic amines is 1. The maximum atomic E-state index is 12.9. The van der Waals surface area contributed by atoms with Crippen molar-refractivity contribution >= 4 is 52.8 Å². The van der Waals surface area contributed by atoms with Crippen molar-refractivity contribution in [2.24, 2.45) is 5.73 Å². The van der Waals surface area contributed by atoms with Crippen LogP contribution in [0.5, 0.6) is 5.75 Å². The summed E-state index contributed by atoms with van der Waals surface area (Å²) in [5.41, 5.74) is 5.49. The molecule has 0 bridgehead atoms. The molecule has 0 fully saturated rings. The Morgan fingerprint density at radius 1 is 1.03 bits per heavy atom. The predicted octanol–water partition coefficient (Wildman–Crippen LogP) is 1.29. The smallest absolute Gasteiger partial charge is 0.266 e. The Hall–Kier alpha value is -2.45. The largest absolute Gasteiger partial charge is 0.497 e. The standard InChI is InChI=1S/C18H19BrN4O6S2/c1-29-12-3-5-13(6-4-12)30(25,26)21-8-9-22-31(27,28)17-14-10-11(19)2-7-15(14)23-16(17)18(20)24/h2-7,10,21-23H,8-9H2,1H3,(H2,20,24). The van der Waals surface area contributed by atoms with E-state index in [9.17, 15) is 21.6 Å². The van der Waals surface area contributed by atoms with Crippen molar-refractivity contribution in [1.82, 2.24) is 14.4 Å². The van der Waals surface area contributed by atoms with E-state index in [1.54, 1.807) is 18.2 Å². The summed E-state index contributed by atoms with van der Waals surface area (Å²) in [6.07, 6.45) is 0. The van der Waals surface area contributed by atoms with Crippen LogP contribution in [-0.4, -0.2) is 47.9 Å². The molecular formula is C18H19BrN4O6S2. The third-order valence-corrected chi connectivity index (χ3v) is 7.82. The van der Waals surface area contributed by atoms with Crippen molar-refractivity contribution in [2.75, 3.05) is 20.2 Å². The first-order valence-corrected chi connectivity index (χ1v) is 12.6. The van der Waals surface area contributed by atoms with Crippen LogP contribution >= 0.6 is 15.9 Å². The Bertz CT molecular complexity index is 1340. The van der Waals surface area contributed by atoms with Crippen LogP contribution in [0.2, 0.25) is 0 Å². The lowest BCUT2D eigenvalue weighted by atomic mass is 10.2. The molecular weight excluding hydrogens is 512 g/mol. The van der Waals surface area contributed by atoms with Gasteiger partial charge in [0, 0.05) is 28.5 Å². The fourth-order valence-electron chi connectivity index (χ4n) is 2.87. The lowest BCUT2D eigenvalue weighted by Gasteiger charge is -2.10. The molecule has 0 saturated carbocycles. The quantitative estimate of drug-likeness (QED) is 0.305. The number of hydrogen-bond donors (Lipinski definition) is 4. The summed E-state index contributed by atoms with van der Waals surface area (Å²) in [5.74, 6) is -0.435. The van der Waals surface area contributed by atoms with Gasteiger partial charge >= 0.3 is 0 Å². The second kappa shape index (κ2) is 8.96. The first kappa shape index (κ1) is 23.2. The summed E-state index contributed by atoms with van der Waals surface area (Å²) in [7, 11) is -6.56. The number of nitrogens with two attached hydrogens (primary N) is 1. The number of methoxy groups -OCH3 is 1. The molecule has 1 amide bonds. The molecule has 0 atom stereocenters. The summed E-state index contributed by atoms with van der Waals surface area (Å²) >= 11 is 3.27. The van der Waals surface area contributed by atoms with Crippen LogP contribution in [-0.2, 0) is 20.0 Å². The molecule has 3 aromatic rings. The highest BCUT2D eigenvalue weighted by atomic mass is 79.9. The summed E-state index contributed by atoms with van der Waals surface area (Å²) in [4.78, 5) is 14.2. The highest BCUT2D eigenvalue weighted by molar-refractivity contribution is 9.10. The Labute approximate surface area is 187 Å². The molecule has 10 nitrogen and oxygen atoms in total. The Kier molecular flexibility index (Phi) is 6.71. The van der Waals surface area contributed by atoms with Crippen LogP contribution in [0.25, 0.3) is 10.9 Å². The van der Waals surface area contributed by atoms with Crippen molar-refractivity contribution in [2.45, 2.75) is 9.79 Å². The third-order valence-electron chi connectivity index (χ3n) is 4.31. The number of rotatable bonds is 9. The molecule has 166 valence electrons. The summed E-state index contributed by atoms with van der Waals surface area (Å²) in [5, 5.41) is 0.273. The molecule has 0 aliphatic rings. The van der Waals surface area contributed by atoms with Crippen LogP contribution in [0, 0.1) is 0 Å². The minimum absolute atomic E-state index is 0.00801. The molecule has 0 spiro atoms. The third kappa shape index (κ3) is 5.07. The van der Waals surface area contributed by atoms with Gasteiger partial charge in [-0.05, 0) is 42.5 Å². The monoisotopic (exact) mass is 530 g/mol. The van der Waals surface area contributed by atoms with Gasteiger partial charge in [-0.25, -0.2) is 26.3 Å². The van der Waals surface area contributed by atoms with Gasteiger partial charge in [0.25, 0.3) is 5.91 Å². The minimum atomic E-state index is -4.18. The molecule has 1 heterocycles. The number of halogens is 1. The van der Waals surface area contributed by atoms with E-state index in [1.807, 2.05) is 0 Å². The maximum absolute atomic E-state index is 12.9. The van der Waals surface area contributed by atoms with Gasteiger partial charge in [-0.3, -0.25) is 4.79 Å². The molecule has 0 unspecified atom stereocenters. The molecule has 13 heteroatoms. The molecule has 0 radical (unpaired) electrons. The Morgan fingerprint density at radius 3 is 2.23 bits per heavy atom. The summed E-state index contributed by atoms with van der Waals surface area (Å²) in [6.45, 7) is -0.470. The highest BCUT2D eigenvalue weighted by Gasteiger charge is 2.27. The average Bonchev–Trinajstić information content (AvgIpc) is 3.11. The number of hydrogen-bond acceptors (Lipinski definition) is 6. The Morgan fingerprint density at radius 2 is 1.65 bits per heavy atom. The highest BCUT2D eigenvalue weighted by Crippen LogP contribution is 2.29. The van der Waals surface area contributed by atoms with Gasteiger partial charge in [-0.15, -0.1) is 0 Å². The summed E-state index contributed by atoms with van der Waals surface area (Å²) < 4.78 is 60.6. The fraction of sp³-hybridized carbons (Fsp3) is 0.167. The molecule has 5 N–H and O–H groups in total. The fourth-order valence-corrected chi connectivity index (χ4v) is 5.66. The molecule has 0 aliphatic carbocycles. The van der Waals surface area contributed by atoms with Crippen LogP contribution in [0.1, 0.15) is 10.5 Å². The van der Waals surface area contributed by atoms with Crippen molar-refractivity contribution in [3.05, 3.63) is 52.6 Å². The number of amides is 1. The van der Waals surface area contributed by atoms with Crippen molar-refractivity contribution in [1.29, 1.82) is 0 Å². The lowest BCUT2D eigenvalue weighted by Crippen LogP contribution is -2.35. The van der Waals surface area contributed by atoms with Gasteiger partial charge in [0.15, 0.2) is 0 Å². The Balaban J connectivity index is 1.75. The van der Waals surface area contributed by atoms with E-state index in [-0.39, 0.29) is 34.0 Å². The van der Waals surface area contributed by atoms with Gasteiger partial charge in [0.1, 0.15) is 16.3 Å². The normalized spacial score (nSPS) is 12.2. The van der Waals surface area contributed by atoms with Crippen LogP contribution in [0.15, 0.2) is 56.7 Å². The second-order valence-corrected chi connectivity index (χ2v) is 10.7. The molecule has 2 aromatic carbocycles. The van der Waals surface area contributed by atoms with Crippen LogP contribution in [0.4, 0.5) is 0 Å². The van der Waals surface area contributed by atoms with Gasteiger partial charge in [0.2, 0.25) is 20.0 Å².